The molecule has 28 nitrogen and oxygen atoms in total. The number of benzene rings is 3. The summed E-state index contributed by atoms with van der Waals surface area (Å²) in [6.07, 6.45) is -6.62. The molecule has 16 N–H and O–H groups in total. The van der Waals surface area contributed by atoms with Crippen LogP contribution < -0.4 is 47.7 Å². The highest BCUT2D eigenvalue weighted by Crippen LogP contribution is 2.34. The third kappa shape index (κ3) is 18.3. The van der Waals surface area contributed by atoms with Crippen molar-refractivity contribution in [3.05, 3.63) is 77.9 Å². The first kappa shape index (κ1) is 75.4. The number of amides is 7. The number of halogens is 3. The van der Waals surface area contributed by atoms with Crippen LogP contribution in [-0.4, -0.2) is 246 Å². The minimum absolute atomic E-state index is 0. The van der Waals surface area contributed by atoms with Crippen molar-refractivity contribution in [2.24, 2.45) is 17.4 Å². The normalized spacial score (nSPS) is 26.5. The van der Waals surface area contributed by atoms with E-state index in [0.29, 0.717) is 21.6 Å². The Morgan fingerprint density at radius 1 is 0.720 bits per heavy atom. The third-order valence-electron chi connectivity index (χ3n) is 17.5. The maximum Gasteiger partial charge on any atom is 0.251 e. The molecule has 4 aliphatic heterocycles. The first-order valence-electron chi connectivity index (χ1n) is 30.7. The Balaban J connectivity index is 0.00000457. The highest BCUT2D eigenvalue weighted by molar-refractivity contribution is 7.17. The molecule has 32 heteroatoms. The molecule has 5 heterocycles. The van der Waals surface area contributed by atoms with Crippen LogP contribution >= 0.6 is 48.6 Å². The first-order valence-corrected chi connectivity index (χ1v) is 31.5. The maximum atomic E-state index is 14.7. The molecule has 1 saturated carbocycles. The van der Waals surface area contributed by atoms with Crippen LogP contribution in [0.1, 0.15) is 74.7 Å². The number of hydrogen-bond acceptors (Lipinski definition) is 22. The lowest BCUT2D eigenvalue weighted by molar-refractivity contribution is -0.147. The third-order valence-corrected chi connectivity index (χ3v) is 18.5. The molecule has 4 aromatic rings. The summed E-state index contributed by atoms with van der Waals surface area (Å²) in [5, 5.41) is 102. The van der Waals surface area contributed by atoms with Crippen LogP contribution in [0.15, 0.2) is 66.7 Å². The predicted molar refractivity (Wildman–Crippen MR) is 350 cm³/mol. The van der Waals surface area contributed by atoms with Crippen molar-refractivity contribution in [1.82, 2.24) is 51.5 Å². The molecule has 5 fully saturated rings. The van der Waals surface area contributed by atoms with E-state index < -0.39 is 152 Å². The van der Waals surface area contributed by atoms with E-state index in [1.54, 1.807) is 12.1 Å². The van der Waals surface area contributed by atoms with Gasteiger partial charge in [-0.25, -0.2) is 0 Å². The fraction of sp³-hybridized carbons (Fsp3) is 0.557. The van der Waals surface area contributed by atoms with Gasteiger partial charge >= 0.3 is 0 Å². The Labute approximate surface area is 560 Å². The molecule has 4 saturated heterocycles. The number of phenolic OH excluding ortho intramolecular Hbond substituents is 1. The zero-order valence-corrected chi connectivity index (χ0v) is 54.8. The first-order chi connectivity index (χ1) is 43.1. The number of piperazine rings is 1. The number of nitrogens with two attached hydrogens (primary N) is 2. The second kappa shape index (κ2) is 34.2. The molecule has 0 radical (unpaired) electrons. The number of aromatic nitrogens is 2. The molecule has 3 aromatic carbocycles. The van der Waals surface area contributed by atoms with Gasteiger partial charge < -0.3 is 93.2 Å². The summed E-state index contributed by atoms with van der Waals surface area (Å²) >= 11 is 1.35. The topological polar surface area (TPSA) is 421 Å². The van der Waals surface area contributed by atoms with Gasteiger partial charge in [-0.1, -0.05) is 49.3 Å². The van der Waals surface area contributed by atoms with E-state index in [0.717, 1.165) is 54.2 Å². The van der Waals surface area contributed by atoms with E-state index in [9.17, 15) is 69.3 Å². The molecule has 5 aliphatic rings. The van der Waals surface area contributed by atoms with Gasteiger partial charge in [0.1, 0.15) is 52.9 Å². The number of nitrogens with zero attached hydrogens (tertiary/aromatic N) is 6. The number of fused-ring (bicyclic) bond motifs is 2. The van der Waals surface area contributed by atoms with Crippen LogP contribution in [-0.2, 0) is 35.2 Å². The highest BCUT2D eigenvalue weighted by atomic mass is 35.5. The van der Waals surface area contributed by atoms with Gasteiger partial charge in [0.25, 0.3) is 5.91 Å². The maximum absolute atomic E-state index is 14.7. The molecule has 0 unspecified atom stereocenters. The zero-order chi connectivity index (χ0) is 64.5. The lowest BCUT2D eigenvalue weighted by Gasteiger charge is -2.39. The summed E-state index contributed by atoms with van der Waals surface area (Å²) < 4.78 is 5.52. The minimum Gasteiger partial charge on any atom is -0.504 e. The Hall–Kier alpha value is -6.58. The number of carbonyl (C=O) groups excluding carboxylic acids is 7. The Morgan fingerprint density at radius 3 is 1.96 bits per heavy atom. The van der Waals surface area contributed by atoms with Crippen LogP contribution in [0.2, 0.25) is 0 Å². The molecule has 7 amide bonds. The monoisotopic (exact) mass is 1380 g/mol. The molecule has 0 spiro atoms. The van der Waals surface area contributed by atoms with Crippen LogP contribution in [0.5, 0.6) is 11.5 Å². The number of anilines is 1. The van der Waals surface area contributed by atoms with Crippen LogP contribution in [0.3, 0.4) is 0 Å². The number of aliphatic hydroxyl groups is 6. The van der Waals surface area contributed by atoms with Crippen molar-refractivity contribution in [1.29, 1.82) is 0 Å². The number of aliphatic hydroxyl groups excluding tert-OH is 6. The molecule has 13 atom stereocenters. The van der Waals surface area contributed by atoms with E-state index in [-0.39, 0.29) is 92.5 Å². The summed E-state index contributed by atoms with van der Waals surface area (Å²) in [6, 6.07) is 8.26. The summed E-state index contributed by atoms with van der Waals surface area (Å²) in [4.78, 5) is 108. The van der Waals surface area contributed by atoms with Crippen molar-refractivity contribution >= 4 is 95.6 Å². The van der Waals surface area contributed by atoms with Gasteiger partial charge in [0.05, 0.1) is 36.6 Å². The second-order valence-electron chi connectivity index (χ2n) is 24.0. The Kier molecular flexibility index (Phi) is 27.7. The van der Waals surface area contributed by atoms with Gasteiger partial charge in [-0.3, -0.25) is 38.5 Å². The van der Waals surface area contributed by atoms with Gasteiger partial charge in [0.15, 0.2) is 11.5 Å². The molecule has 1 aliphatic carbocycles. The zero-order valence-electron chi connectivity index (χ0n) is 51.5. The van der Waals surface area contributed by atoms with E-state index in [2.05, 4.69) is 58.7 Å². The summed E-state index contributed by atoms with van der Waals surface area (Å²) in [6.45, 7) is 5.11. The van der Waals surface area contributed by atoms with Crippen molar-refractivity contribution in [3.8, 4) is 32.6 Å². The van der Waals surface area contributed by atoms with Gasteiger partial charge in [0, 0.05) is 106 Å². The van der Waals surface area contributed by atoms with E-state index in [1.807, 2.05) is 12.1 Å². The van der Waals surface area contributed by atoms with E-state index in [1.165, 1.54) is 74.3 Å². The molecular formula is C61H86Cl3N13O15S. The average Bonchev–Trinajstić information content (AvgIpc) is 1.87. The van der Waals surface area contributed by atoms with Crippen molar-refractivity contribution in [2.45, 2.75) is 144 Å². The summed E-state index contributed by atoms with van der Waals surface area (Å²) in [7, 11) is 0. The van der Waals surface area contributed by atoms with Gasteiger partial charge in [0.2, 0.25) is 35.4 Å². The summed E-state index contributed by atoms with van der Waals surface area (Å²) in [5.41, 5.74) is 14.4. The van der Waals surface area contributed by atoms with Crippen LogP contribution in [0, 0.1) is 5.92 Å². The quantitative estimate of drug-likeness (QED) is 0.0610. The van der Waals surface area contributed by atoms with Gasteiger partial charge in [-0.2, -0.15) is 0 Å². The van der Waals surface area contributed by atoms with E-state index >= 15 is 0 Å². The number of nitrogens with one attached hydrogen (secondary N) is 5. The smallest absolute Gasteiger partial charge is 0.251 e. The minimum atomic E-state index is -2.04. The van der Waals surface area contributed by atoms with Gasteiger partial charge in [-0.05, 0) is 86.8 Å². The fourth-order valence-electron chi connectivity index (χ4n) is 12.5. The number of β-amino-alcohol motifs (C(OH)–C–C–N with tert-alkyl or cyclic N) is 1. The number of hydrogen-bond donors (Lipinski definition) is 14. The molecular weight excluding hydrogens is 1290 g/mol. The predicted octanol–water partition coefficient (Wildman–Crippen LogP) is -1.46. The Morgan fingerprint density at radius 2 is 1.33 bits per heavy atom. The number of rotatable bonds is 16. The highest BCUT2D eigenvalue weighted by Gasteiger charge is 2.50. The number of phenols is 1. The summed E-state index contributed by atoms with van der Waals surface area (Å²) in [5.74, 6) is -8.60. The number of carbonyl (C=O) groups is 7. The van der Waals surface area contributed by atoms with E-state index in [4.69, 9.17) is 16.2 Å². The molecule has 0 bridgehead atoms. The van der Waals surface area contributed by atoms with Crippen molar-refractivity contribution in [3.63, 3.8) is 0 Å². The average molecular weight is 1380 g/mol. The largest absolute Gasteiger partial charge is 0.504 e. The van der Waals surface area contributed by atoms with Crippen molar-refractivity contribution < 1.29 is 74.0 Å². The SMILES string of the molecule is C[C@@H](O)[C@@H]1NC(=O)[C@@H](NC(=O)c2ccc(-c3nnc(-c4ccc(N5CCN(C6CCCC6)CC5)cc4)s3)cc2)C[C@@H](O)CNC(=O)[C@@H]2[C@@H](O)[C@@H](C)CN2C(=O)[C@H]([C@H](O)CCN)NC(=O)[C@H]([C@H](O)Cc2ccc(O)c(OCCN)c2)NC(=O)[C@@H]2C[C@@H](O)CN2C1=O.Cl.Cl.Cl. The fourth-order valence-corrected chi connectivity index (χ4v) is 13.3. The molecule has 1 aromatic heterocycles. The standard InChI is InChI=1S/C61H83N13O15S.3ClH/c1-32-30-74-51(52(32)81)57(86)64-29-40(76)27-42(65-53(82)35-8-10-36(11-9-35)58-69-70-59(90-58)37-12-14-39(15-13-37)72-22-20-71(21-23-72)38-5-3-4-6-38)54(83)66-48(33(2)75)60(87)73-31-41(77)28-43(73)55(84)67-49(56(85)68-50(61(74)88)45(79)17-18-62)46(80)25-34-7-16-44(78)47(26-34)89-24-19-63;;;/h7-16,26,32-33,38,40-43,45-46,48-52,75-81H,3-6,17-25,27-31,62-63H2,1-2H3,(H,64,86)(H,65,82)(H,66,83)(H,67,84)(H,68,85);3*1H/t32-,33+,40+,41+,42-,43-,45+,46+,48-,49-,50-,51-,52-;;;/m0.../s1. The number of ether oxygens (including phenoxy) is 1. The molecule has 93 heavy (non-hydrogen) atoms. The lowest BCUT2D eigenvalue weighted by Crippen LogP contribution is -2.64. The second-order valence-corrected chi connectivity index (χ2v) is 25.0. The van der Waals surface area contributed by atoms with Gasteiger partial charge in [-0.15, -0.1) is 47.4 Å². The Bertz CT molecular complexity index is 3180. The van der Waals surface area contributed by atoms with Crippen LogP contribution in [0.25, 0.3) is 21.1 Å². The molecule has 9 rings (SSSR count). The molecule has 512 valence electrons. The lowest BCUT2D eigenvalue weighted by atomic mass is 9.98. The number of aromatic hydroxyl groups is 1. The van der Waals surface area contributed by atoms with Crippen molar-refractivity contribution in [2.75, 3.05) is 70.4 Å². The van der Waals surface area contributed by atoms with Crippen LogP contribution in [0.4, 0.5) is 5.69 Å².